The molecule has 0 bridgehead atoms. The van der Waals surface area contributed by atoms with Gasteiger partial charge in [0.15, 0.2) is 5.65 Å². The quantitative estimate of drug-likeness (QED) is 0.508. The van der Waals surface area contributed by atoms with Gasteiger partial charge in [0.05, 0.1) is 23.5 Å². The maximum atomic E-state index is 13.3. The minimum absolute atomic E-state index is 0.0194. The highest BCUT2D eigenvalue weighted by Gasteiger charge is 2.29. The van der Waals surface area contributed by atoms with E-state index in [4.69, 9.17) is 4.98 Å². The van der Waals surface area contributed by atoms with E-state index >= 15 is 0 Å². The molecule has 1 aromatic carbocycles. The third kappa shape index (κ3) is 4.63. The fourth-order valence-electron chi connectivity index (χ4n) is 4.77. The fraction of sp³-hybridized carbons (Fsp3) is 0.462. The molecule has 1 fully saturated rings. The lowest BCUT2D eigenvalue weighted by Crippen LogP contribution is -2.48. The van der Waals surface area contributed by atoms with E-state index < -0.39 is 6.04 Å². The van der Waals surface area contributed by atoms with Crippen LogP contribution in [0.5, 0.6) is 0 Å². The number of nitrogens with zero attached hydrogens (tertiary/aromatic N) is 2. The molecule has 5 rings (SSSR count). The van der Waals surface area contributed by atoms with E-state index in [-0.39, 0.29) is 23.8 Å². The zero-order valence-electron chi connectivity index (χ0n) is 19.2. The molecule has 2 unspecified atom stereocenters. The van der Waals surface area contributed by atoms with Gasteiger partial charge in [-0.05, 0) is 55.6 Å². The van der Waals surface area contributed by atoms with Gasteiger partial charge in [0.25, 0.3) is 5.91 Å². The van der Waals surface area contributed by atoms with Gasteiger partial charge in [0, 0.05) is 12.1 Å². The number of hydrogen-bond acceptors (Lipinski definition) is 4. The lowest BCUT2D eigenvalue weighted by Gasteiger charge is -2.29. The predicted octanol–water partition coefficient (Wildman–Crippen LogP) is 4.17. The van der Waals surface area contributed by atoms with Gasteiger partial charge in [-0.1, -0.05) is 38.1 Å². The molecule has 2 aliphatic rings. The maximum absolute atomic E-state index is 13.3. The van der Waals surface area contributed by atoms with Crippen molar-refractivity contribution in [2.75, 3.05) is 0 Å². The molecule has 3 aromatic rings. The number of H-pyrrole nitrogens is 1. The molecule has 0 saturated heterocycles. The van der Waals surface area contributed by atoms with E-state index in [9.17, 15) is 9.59 Å². The van der Waals surface area contributed by atoms with Crippen molar-refractivity contribution < 1.29 is 9.59 Å². The Kier molecular flexibility index (Phi) is 5.87. The first-order valence-corrected chi connectivity index (χ1v) is 12.0. The molecular weight excluding hydrogens is 414 g/mol. The van der Waals surface area contributed by atoms with Gasteiger partial charge in [0.1, 0.15) is 11.6 Å². The van der Waals surface area contributed by atoms with Crippen molar-refractivity contribution in [1.29, 1.82) is 0 Å². The Balaban J connectivity index is 1.34. The summed E-state index contributed by atoms with van der Waals surface area (Å²) < 4.78 is 0. The van der Waals surface area contributed by atoms with E-state index in [0.717, 1.165) is 37.8 Å². The van der Waals surface area contributed by atoms with Gasteiger partial charge in [-0.15, -0.1) is 0 Å². The second-order valence-electron chi connectivity index (χ2n) is 9.78. The Morgan fingerprint density at radius 3 is 2.79 bits per heavy atom. The van der Waals surface area contributed by atoms with E-state index in [1.807, 2.05) is 12.1 Å². The molecule has 2 atom stereocenters. The number of nitrogens with one attached hydrogen (secondary N) is 3. The number of carbonyl (C=O) groups is 2. The molecule has 33 heavy (non-hydrogen) atoms. The van der Waals surface area contributed by atoms with Crippen molar-refractivity contribution >= 4 is 23.0 Å². The SMILES string of the molecule is CC(C)CC(NC(=O)c1c[nH]c2ncc(C3CC3)nc12)C(=O)NC1CCCc2ccccc21. The van der Waals surface area contributed by atoms with Crippen LogP contribution in [0.2, 0.25) is 0 Å². The topological polar surface area (TPSA) is 99.8 Å². The van der Waals surface area contributed by atoms with Gasteiger partial charge in [0.2, 0.25) is 5.91 Å². The molecule has 2 aliphatic carbocycles. The Morgan fingerprint density at radius 2 is 2.00 bits per heavy atom. The van der Waals surface area contributed by atoms with E-state index in [1.54, 1.807) is 12.4 Å². The first kappa shape index (κ1) is 21.6. The molecule has 0 spiro atoms. The van der Waals surface area contributed by atoms with Gasteiger partial charge in [-0.2, -0.15) is 0 Å². The first-order valence-electron chi connectivity index (χ1n) is 12.0. The second kappa shape index (κ2) is 8.96. The van der Waals surface area contributed by atoms with Crippen LogP contribution in [-0.2, 0) is 11.2 Å². The van der Waals surface area contributed by atoms with Crippen LogP contribution >= 0.6 is 0 Å². The molecule has 7 nitrogen and oxygen atoms in total. The zero-order valence-corrected chi connectivity index (χ0v) is 19.2. The van der Waals surface area contributed by atoms with Crippen LogP contribution < -0.4 is 10.6 Å². The highest BCUT2D eigenvalue weighted by molar-refractivity contribution is 6.05. The van der Waals surface area contributed by atoms with Gasteiger partial charge in [-0.25, -0.2) is 9.97 Å². The molecule has 172 valence electrons. The van der Waals surface area contributed by atoms with Gasteiger partial charge >= 0.3 is 0 Å². The predicted molar refractivity (Wildman–Crippen MR) is 127 cm³/mol. The largest absolute Gasteiger partial charge is 0.348 e. The number of rotatable bonds is 7. The van der Waals surface area contributed by atoms with Crippen molar-refractivity contribution in [3.05, 3.63) is 59.0 Å². The lowest BCUT2D eigenvalue weighted by molar-refractivity contribution is -0.124. The fourth-order valence-corrected chi connectivity index (χ4v) is 4.77. The van der Waals surface area contributed by atoms with Crippen molar-refractivity contribution in [2.24, 2.45) is 5.92 Å². The standard InChI is InChI=1S/C26H31N5O2/c1-15(2)12-21(26(33)30-20-9-5-7-16-6-3-4-8-18(16)20)31-25(32)19-13-27-24-23(19)29-22(14-28-24)17-10-11-17/h3-4,6,8,13-15,17,20-21H,5,7,9-12H2,1-2H3,(H,27,28)(H,30,33)(H,31,32). The third-order valence-electron chi connectivity index (χ3n) is 6.65. The summed E-state index contributed by atoms with van der Waals surface area (Å²) in [4.78, 5) is 38.7. The first-order chi connectivity index (χ1) is 16.0. The minimum Gasteiger partial charge on any atom is -0.348 e. The number of carbonyl (C=O) groups excluding carboxylic acids is 2. The van der Waals surface area contributed by atoms with E-state index in [1.165, 1.54) is 11.1 Å². The normalized spacial score (nSPS) is 18.7. The zero-order chi connectivity index (χ0) is 22.9. The van der Waals surface area contributed by atoms with Crippen LogP contribution in [0.15, 0.2) is 36.7 Å². The molecule has 2 amide bonds. The van der Waals surface area contributed by atoms with Gasteiger partial charge in [-0.3, -0.25) is 9.59 Å². The lowest BCUT2D eigenvalue weighted by atomic mass is 9.87. The molecule has 2 heterocycles. The average molecular weight is 446 g/mol. The van der Waals surface area contributed by atoms with Crippen molar-refractivity contribution in [3.8, 4) is 0 Å². The third-order valence-corrected chi connectivity index (χ3v) is 6.65. The Labute approximate surface area is 193 Å². The number of fused-ring (bicyclic) bond motifs is 2. The molecule has 7 heteroatoms. The van der Waals surface area contributed by atoms with E-state index in [2.05, 4.69) is 46.6 Å². The van der Waals surface area contributed by atoms with Crippen molar-refractivity contribution in [2.45, 2.75) is 70.4 Å². The summed E-state index contributed by atoms with van der Waals surface area (Å²) in [7, 11) is 0. The van der Waals surface area contributed by atoms with Gasteiger partial charge < -0.3 is 15.6 Å². The number of aryl methyl sites for hydroxylation is 1. The molecule has 3 N–H and O–H groups in total. The van der Waals surface area contributed by atoms with Crippen LogP contribution in [0, 0.1) is 5.92 Å². The summed E-state index contributed by atoms with van der Waals surface area (Å²) in [6.07, 6.45) is 9.22. The van der Waals surface area contributed by atoms with E-state index in [0.29, 0.717) is 29.1 Å². The molecular formula is C26H31N5O2. The molecule has 0 radical (unpaired) electrons. The Hall–Kier alpha value is -3.22. The van der Waals surface area contributed by atoms with Crippen LogP contribution in [0.25, 0.3) is 11.2 Å². The highest BCUT2D eigenvalue weighted by Crippen LogP contribution is 2.39. The van der Waals surface area contributed by atoms with Crippen LogP contribution in [0.1, 0.15) is 85.1 Å². The number of hydrogen-bond donors (Lipinski definition) is 3. The summed E-state index contributed by atoms with van der Waals surface area (Å²) in [6, 6.07) is 7.66. The van der Waals surface area contributed by atoms with Crippen LogP contribution in [0.4, 0.5) is 0 Å². The number of benzene rings is 1. The summed E-state index contributed by atoms with van der Waals surface area (Å²) in [6.45, 7) is 4.11. The Bertz CT molecular complexity index is 1180. The van der Waals surface area contributed by atoms with Crippen LogP contribution in [-0.4, -0.2) is 32.8 Å². The minimum atomic E-state index is -0.615. The monoisotopic (exact) mass is 445 g/mol. The molecule has 1 saturated carbocycles. The Morgan fingerprint density at radius 1 is 1.18 bits per heavy atom. The maximum Gasteiger partial charge on any atom is 0.255 e. The smallest absolute Gasteiger partial charge is 0.255 e. The second-order valence-corrected chi connectivity index (χ2v) is 9.78. The summed E-state index contributed by atoms with van der Waals surface area (Å²) >= 11 is 0. The summed E-state index contributed by atoms with van der Waals surface area (Å²) in [5.74, 6) is 0.270. The average Bonchev–Trinajstić information content (AvgIpc) is 3.57. The number of aromatic amines is 1. The molecule has 0 aliphatic heterocycles. The van der Waals surface area contributed by atoms with Crippen molar-refractivity contribution in [3.63, 3.8) is 0 Å². The number of aromatic nitrogens is 3. The number of amides is 2. The van der Waals surface area contributed by atoms with Crippen LogP contribution in [0.3, 0.4) is 0 Å². The summed E-state index contributed by atoms with van der Waals surface area (Å²) in [5.41, 5.74) is 5.01. The van der Waals surface area contributed by atoms with Crippen molar-refractivity contribution in [1.82, 2.24) is 25.6 Å². The summed E-state index contributed by atoms with van der Waals surface area (Å²) in [5, 5.41) is 6.19. The molecule has 2 aromatic heterocycles. The highest BCUT2D eigenvalue weighted by atomic mass is 16.2.